The molecule has 0 fully saturated rings. The summed E-state index contributed by atoms with van der Waals surface area (Å²) in [5, 5.41) is 8.99. The zero-order chi connectivity index (χ0) is 14.6. The maximum Gasteiger partial charge on any atom is 0.244 e. The highest BCUT2D eigenvalue weighted by Gasteiger charge is 2.21. The third kappa shape index (κ3) is 3.85. The Kier molecular flexibility index (Phi) is 5.66. The second-order valence-electron chi connectivity index (χ2n) is 4.55. The summed E-state index contributed by atoms with van der Waals surface area (Å²) in [5.74, 6) is 0.824. The van der Waals surface area contributed by atoms with Crippen molar-refractivity contribution in [1.82, 2.24) is 4.31 Å². The Hall–Kier alpha value is -0.760. The second kappa shape index (κ2) is 6.60. The topological polar surface area (TPSA) is 83.6 Å². The second-order valence-corrected chi connectivity index (χ2v) is 7.74. The van der Waals surface area contributed by atoms with Gasteiger partial charge in [-0.1, -0.05) is 13.0 Å². The van der Waals surface area contributed by atoms with Gasteiger partial charge in [0.25, 0.3) is 0 Å². The summed E-state index contributed by atoms with van der Waals surface area (Å²) in [6.45, 7) is 2.02. The minimum absolute atomic E-state index is 0.0998. The van der Waals surface area contributed by atoms with Gasteiger partial charge in [-0.3, -0.25) is 0 Å². The van der Waals surface area contributed by atoms with Crippen molar-refractivity contribution < 1.29 is 13.5 Å². The molecule has 0 aromatic heterocycles. The SMILES string of the molecule is CC(CO)CSc1cccc(S(=O)(=O)N(C)C)c1N. The van der Waals surface area contributed by atoms with Crippen LogP contribution in [-0.2, 0) is 10.0 Å². The first-order valence-electron chi connectivity index (χ1n) is 5.85. The average molecular weight is 304 g/mol. The zero-order valence-electron chi connectivity index (χ0n) is 11.3. The lowest BCUT2D eigenvalue weighted by molar-refractivity contribution is 0.250. The highest BCUT2D eigenvalue weighted by molar-refractivity contribution is 7.99. The lowest BCUT2D eigenvalue weighted by atomic mass is 10.2. The van der Waals surface area contributed by atoms with Gasteiger partial charge in [-0.15, -0.1) is 11.8 Å². The van der Waals surface area contributed by atoms with E-state index in [0.29, 0.717) is 5.75 Å². The van der Waals surface area contributed by atoms with Gasteiger partial charge in [0.2, 0.25) is 10.0 Å². The number of anilines is 1. The molecule has 0 radical (unpaired) electrons. The first-order chi connectivity index (χ1) is 8.80. The molecule has 1 rings (SSSR count). The van der Waals surface area contributed by atoms with Crippen molar-refractivity contribution >= 4 is 27.5 Å². The highest BCUT2D eigenvalue weighted by atomic mass is 32.2. The summed E-state index contributed by atoms with van der Waals surface area (Å²) in [4.78, 5) is 0.849. The van der Waals surface area contributed by atoms with Crippen LogP contribution in [-0.4, -0.2) is 44.3 Å². The molecule has 0 bridgehead atoms. The predicted octanol–water partition coefficient (Wildman–Crippen LogP) is 1.24. The Balaban J connectivity index is 3.06. The number of hydrogen-bond acceptors (Lipinski definition) is 5. The summed E-state index contributed by atoms with van der Waals surface area (Å²) >= 11 is 1.45. The van der Waals surface area contributed by atoms with Crippen LogP contribution in [0.4, 0.5) is 5.69 Å². The van der Waals surface area contributed by atoms with E-state index in [0.717, 1.165) is 9.20 Å². The van der Waals surface area contributed by atoms with Crippen LogP contribution in [0.1, 0.15) is 6.92 Å². The van der Waals surface area contributed by atoms with E-state index in [1.54, 1.807) is 12.1 Å². The Morgan fingerprint density at radius 3 is 2.58 bits per heavy atom. The van der Waals surface area contributed by atoms with Gasteiger partial charge in [-0.05, 0) is 18.1 Å². The summed E-state index contributed by atoms with van der Waals surface area (Å²) in [7, 11) is -0.579. The Morgan fingerprint density at radius 1 is 1.42 bits per heavy atom. The molecule has 0 aliphatic rings. The Morgan fingerprint density at radius 2 is 2.05 bits per heavy atom. The molecule has 0 amide bonds. The van der Waals surface area contributed by atoms with E-state index in [4.69, 9.17) is 10.8 Å². The molecule has 5 nitrogen and oxygen atoms in total. The maximum absolute atomic E-state index is 12.1. The monoisotopic (exact) mass is 304 g/mol. The van der Waals surface area contributed by atoms with Crippen LogP contribution in [0.15, 0.2) is 28.0 Å². The first kappa shape index (κ1) is 16.3. The van der Waals surface area contributed by atoms with Gasteiger partial charge in [0.1, 0.15) is 4.90 Å². The first-order valence-corrected chi connectivity index (χ1v) is 8.28. The number of nitrogens with zero attached hydrogens (tertiary/aromatic N) is 1. The van der Waals surface area contributed by atoms with Crippen LogP contribution in [0.5, 0.6) is 0 Å². The summed E-state index contributed by atoms with van der Waals surface area (Å²) in [6, 6.07) is 4.97. The van der Waals surface area contributed by atoms with Crippen LogP contribution < -0.4 is 5.73 Å². The van der Waals surface area contributed by atoms with Crippen molar-refractivity contribution in [2.24, 2.45) is 5.92 Å². The smallest absolute Gasteiger partial charge is 0.244 e. The number of nitrogen functional groups attached to an aromatic ring is 1. The normalized spacial score (nSPS) is 13.7. The van der Waals surface area contributed by atoms with E-state index in [9.17, 15) is 8.42 Å². The van der Waals surface area contributed by atoms with E-state index in [2.05, 4.69) is 0 Å². The fourth-order valence-electron chi connectivity index (χ4n) is 1.36. The number of benzene rings is 1. The van der Waals surface area contributed by atoms with Crippen molar-refractivity contribution in [2.75, 3.05) is 32.2 Å². The molecule has 3 N–H and O–H groups in total. The lowest BCUT2D eigenvalue weighted by Gasteiger charge is -2.16. The van der Waals surface area contributed by atoms with E-state index >= 15 is 0 Å². The largest absolute Gasteiger partial charge is 0.397 e. The number of para-hydroxylation sites is 1. The van der Waals surface area contributed by atoms with Gasteiger partial charge in [-0.2, -0.15) is 0 Å². The standard InChI is InChI=1S/C12H20N2O3S2/c1-9(7-15)8-18-10-5-4-6-11(12(10)13)19(16,17)14(2)3/h4-6,9,15H,7-8,13H2,1-3H3. The fourth-order valence-corrected chi connectivity index (χ4v) is 3.46. The van der Waals surface area contributed by atoms with Crippen LogP contribution in [0.2, 0.25) is 0 Å². The van der Waals surface area contributed by atoms with Crippen molar-refractivity contribution in [2.45, 2.75) is 16.7 Å². The molecule has 0 heterocycles. The van der Waals surface area contributed by atoms with Gasteiger partial charge in [-0.25, -0.2) is 12.7 Å². The number of aliphatic hydroxyl groups is 1. The molecule has 1 aromatic rings. The van der Waals surface area contributed by atoms with E-state index in [1.165, 1.54) is 31.9 Å². The molecule has 1 aromatic carbocycles. The van der Waals surface area contributed by atoms with Gasteiger partial charge in [0, 0.05) is 31.4 Å². The van der Waals surface area contributed by atoms with Gasteiger partial charge in [0.05, 0.1) is 5.69 Å². The molecule has 0 saturated carbocycles. The molecule has 0 aliphatic heterocycles. The summed E-state index contributed by atoms with van der Waals surface area (Å²) < 4.78 is 25.3. The van der Waals surface area contributed by atoms with Crippen LogP contribution in [0.3, 0.4) is 0 Å². The quantitative estimate of drug-likeness (QED) is 0.610. The number of rotatable bonds is 6. The lowest BCUT2D eigenvalue weighted by Crippen LogP contribution is -2.23. The van der Waals surface area contributed by atoms with E-state index < -0.39 is 10.0 Å². The minimum atomic E-state index is -3.53. The van der Waals surface area contributed by atoms with Crippen LogP contribution in [0, 0.1) is 5.92 Å². The molecule has 108 valence electrons. The number of sulfonamides is 1. The Labute approximate surface area is 118 Å². The number of thioether (sulfide) groups is 1. The van der Waals surface area contributed by atoms with Crippen molar-refractivity contribution in [3.8, 4) is 0 Å². The van der Waals surface area contributed by atoms with E-state index in [1.807, 2.05) is 6.92 Å². The maximum atomic E-state index is 12.1. The summed E-state index contributed by atoms with van der Waals surface area (Å²) in [5.41, 5.74) is 6.22. The predicted molar refractivity (Wildman–Crippen MR) is 78.7 cm³/mol. The van der Waals surface area contributed by atoms with Crippen LogP contribution >= 0.6 is 11.8 Å². The number of nitrogens with two attached hydrogens (primary N) is 1. The average Bonchev–Trinajstić information content (AvgIpc) is 2.36. The molecule has 0 spiro atoms. The van der Waals surface area contributed by atoms with Gasteiger partial charge >= 0.3 is 0 Å². The fraction of sp³-hybridized carbons (Fsp3) is 0.500. The van der Waals surface area contributed by atoms with Crippen molar-refractivity contribution in [1.29, 1.82) is 0 Å². The molecule has 0 saturated heterocycles. The van der Waals surface area contributed by atoms with Crippen molar-refractivity contribution in [3.63, 3.8) is 0 Å². The summed E-state index contributed by atoms with van der Waals surface area (Å²) in [6.07, 6.45) is 0. The molecular weight excluding hydrogens is 284 g/mol. The molecule has 19 heavy (non-hydrogen) atoms. The molecule has 7 heteroatoms. The number of aliphatic hydroxyl groups excluding tert-OH is 1. The van der Waals surface area contributed by atoms with Crippen molar-refractivity contribution in [3.05, 3.63) is 18.2 Å². The molecular formula is C12H20N2O3S2. The molecule has 1 atom stereocenters. The van der Waals surface area contributed by atoms with Crippen LogP contribution in [0.25, 0.3) is 0 Å². The zero-order valence-corrected chi connectivity index (χ0v) is 13.0. The Bertz CT molecular complexity index is 530. The third-order valence-corrected chi connectivity index (χ3v) is 5.90. The highest BCUT2D eigenvalue weighted by Crippen LogP contribution is 2.32. The van der Waals surface area contributed by atoms with E-state index in [-0.39, 0.29) is 23.1 Å². The minimum Gasteiger partial charge on any atom is -0.397 e. The molecule has 0 aliphatic carbocycles. The molecule has 1 unspecified atom stereocenters. The third-order valence-electron chi connectivity index (χ3n) is 2.62. The van der Waals surface area contributed by atoms with Gasteiger partial charge < -0.3 is 10.8 Å². The number of hydrogen-bond donors (Lipinski definition) is 2. The van der Waals surface area contributed by atoms with Gasteiger partial charge in [0.15, 0.2) is 0 Å².